The molecule has 0 aliphatic rings. The van der Waals surface area contributed by atoms with E-state index < -0.39 is 5.56 Å². The number of para-hydroxylation sites is 1. The topological polar surface area (TPSA) is 103 Å². The van der Waals surface area contributed by atoms with E-state index in [1.807, 2.05) is 18.2 Å². The molecule has 26 heavy (non-hydrogen) atoms. The van der Waals surface area contributed by atoms with E-state index in [1.165, 1.54) is 6.92 Å². The van der Waals surface area contributed by atoms with Crippen LogP contribution in [0.3, 0.4) is 0 Å². The molecular weight excluding hydrogens is 350 g/mol. The maximum absolute atomic E-state index is 12.5. The van der Waals surface area contributed by atoms with Crippen molar-refractivity contribution in [1.29, 1.82) is 0 Å². The molecule has 1 amide bonds. The second kappa shape index (κ2) is 8.35. The summed E-state index contributed by atoms with van der Waals surface area (Å²) in [4.78, 5) is 24.3. The Morgan fingerprint density at radius 1 is 1.19 bits per heavy atom. The number of nitrogens with zero attached hydrogens (tertiary/aromatic N) is 3. The van der Waals surface area contributed by atoms with Gasteiger partial charge in [-0.1, -0.05) is 57.7 Å². The minimum Gasteiger partial charge on any atom is -0.334 e. The second-order valence-electron chi connectivity index (χ2n) is 6.70. The van der Waals surface area contributed by atoms with Crippen molar-refractivity contribution in [3.8, 4) is 0 Å². The van der Waals surface area contributed by atoms with E-state index in [9.17, 15) is 9.59 Å². The molecule has 0 saturated heterocycles. The maximum Gasteiger partial charge on any atom is 0.294 e. The van der Waals surface area contributed by atoms with Gasteiger partial charge >= 0.3 is 0 Å². The lowest BCUT2D eigenvalue weighted by atomic mass is 9.92. The number of rotatable bonds is 6. The number of nitrogens with two attached hydrogens (primary N) is 1. The smallest absolute Gasteiger partial charge is 0.294 e. The van der Waals surface area contributed by atoms with Crippen molar-refractivity contribution in [2.45, 2.75) is 51.6 Å². The minimum atomic E-state index is -0.421. The maximum atomic E-state index is 12.5. The lowest BCUT2D eigenvalue weighted by Crippen LogP contribution is -2.32. The van der Waals surface area contributed by atoms with Crippen molar-refractivity contribution in [3.05, 3.63) is 45.4 Å². The molecule has 2 aromatic rings. The summed E-state index contributed by atoms with van der Waals surface area (Å²) < 4.78 is 0.919. The molecule has 7 nitrogen and oxygen atoms in total. The highest BCUT2D eigenvalue weighted by atomic mass is 32.2. The van der Waals surface area contributed by atoms with Crippen LogP contribution in [0, 0.1) is 6.92 Å². The number of hydrogen-bond donors (Lipinski definition) is 2. The van der Waals surface area contributed by atoms with Crippen LogP contribution in [-0.2, 0) is 4.79 Å². The van der Waals surface area contributed by atoms with Gasteiger partial charge in [0.25, 0.3) is 5.56 Å². The molecule has 1 heterocycles. The summed E-state index contributed by atoms with van der Waals surface area (Å²) in [7, 11) is 0. The molecule has 0 unspecified atom stereocenters. The summed E-state index contributed by atoms with van der Waals surface area (Å²) in [6, 6.07) is 6.08. The first-order valence-corrected chi connectivity index (χ1v) is 9.47. The van der Waals surface area contributed by atoms with Crippen molar-refractivity contribution < 1.29 is 4.79 Å². The molecule has 0 aliphatic heterocycles. The molecule has 0 saturated carbocycles. The number of thioether (sulfide) groups is 1. The second-order valence-corrected chi connectivity index (χ2v) is 7.64. The quantitative estimate of drug-likeness (QED) is 0.594. The molecule has 0 fully saturated rings. The molecular formula is C18H25N5O2S. The predicted octanol–water partition coefficient (Wildman–Crippen LogP) is 2.64. The number of aryl methyl sites for hydroxylation is 1. The fourth-order valence-corrected chi connectivity index (χ4v) is 3.22. The van der Waals surface area contributed by atoms with Crippen molar-refractivity contribution in [2.75, 3.05) is 16.9 Å². The van der Waals surface area contributed by atoms with E-state index in [4.69, 9.17) is 5.84 Å². The highest BCUT2D eigenvalue weighted by Crippen LogP contribution is 2.32. The van der Waals surface area contributed by atoms with Crippen LogP contribution < -0.4 is 16.7 Å². The number of hydrogen-bond acceptors (Lipinski definition) is 6. The fourth-order valence-electron chi connectivity index (χ4n) is 2.57. The first-order chi connectivity index (χ1) is 12.2. The largest absolute Gasteiger partial charge is 0.334 e. The van der Waals surface area contributed by atoms with Gasteiger partial charge in [0, 0.05) is 5.69 Å². The SMILES string of the molecule is Cc1nnc(SCC(=O)Nc2c(C(C)C)cccc2C(C)C)n(N)c1=O. The van der Waals surface area contributed by atoms with Gasteiger partial charge in [-0.05, 0) is 29.9 Å². The van der Waals surface area contributed by atoms with Crippen LogP contribution in [0.1, 0.15) is 56.4 Å². The average Bonchev–Trinajstić information content (AvgIpc) is 2.58. The number of amides is 1. The Bertz CT molecular complexity index is 835. The molecule has 0 spiro atoms. The molecule has 0 aliphatic carbocycles. The Labute approximate surface area is 157 Å². The molecule has 2 rings (SSSR count). The highest BCUT2D eigenvalue weighted by Gasteiger charge is 2.17. The number of aromatic nitrogens is 3. The summed E-state index contributed by atoms with van der Waals surface area (Å²) in [6.07, 6.45) is 0. The number of benzene rings is 1. The van der Waals surface area contributed by atoms with Crippen LogP contribution >= 0.6 is 11.8 Å². The Hall–Kier alpha value is -2.35. The Morgan fingerprint density at radius 2 is 1.77 bits per heavy atom. The van der Waals surface area contributed by atoms with Gasteiger partial charge in [-0.3, -0.25) is 9.59 Å². The summed E-state index contributed by atoms with van der Waals surface area (Å²) >= 11 is 1.08. The Morgan fingerprint density at radius 3 is 2.31 bits per heavy atom. The van der Waals surface area contributed by atoms with Crippen molar-refractivity contribution in [2.24, 2.45) is 0 Å². The summed E-state index contributed by atoms with van der Waals surface area (Å²) in [5.74, 6) is 6.17. The molecule has 8 heteroatoms. The predicted molar refractivity (Wildman–Crippen MR) is 105 cm³/mol. The standard InChI is InChI=1S/C18H25N5O2S/c1-10(2)13-7-6-8-14(11(3)4)16(13)20-15(24)9-26-18-22-21-12(5)17(25)23(18)19/h6-8,10-11H,9,19H2,1-5H3,(H,20,24). The van der Waals surface area contributed by atoms with E-state index in [-0.39, 0.29) is 34.3 Å². The van der Waals surface area contributed by atoms with Crippen LogP contribution in [0.5, 0.6) is 0 Å². The van der Waals surface area contributed by atoms with Crippen molar-refractivity contribution >= 4 is 23.4 Å². The third-order valence-electron chi connectivity index (χ3n) is 3.99. The Balaban J connectivity index is 2.18. The van der Waals surface area contributed by atoms with Crippen molar-refractivity contribution in [3.63, 3.8) is 0 Å². The van der Waals surface area contributed by atoms with Gasteiger partial charge in [-0.15, -0.1) is 10.2 Å². The lowest BCUT2D eigenvalue weighted by molar-refractivity contribution is -0.113. The van der Waals surface area contributed by atoms with E-state index in [0.717, 1.165) is 33.3 Å². The molecule has 140 valence electrons. The van der Waals surface area contributed by atoms with E-state index in [0.29, 0.717) is 0 Å². The number of nitrogen functional groups attached to an aromatic ring is 1. The molecule has 1 aromatic heterocycles. The summed E-state index contributed by atoms with van der Waals surface area (Å²) in [6.45, 7) is 9.92. The van der Waals surface area contributed by atoms with Crippen LogP contribution in [-0.4, -0.2) is 26.5 Å². The summed E-state index contributed by atoms with van der Waals surface area (Å²) in [5, 5.41) is 10.9. The number of nitrogens with one attached hydrogen (secondary N) is 1. The van der Waals surface area contributed by atoms with Crippen LogP contribution in [0.4, 0.5) is 5.69 Å². The molecule has 0 radical (unpaired) electrons. The first kappa shape index (κ1) is 20.0. The van der Waals surface area contributed by atoms with Crippen molar-refractivity contribution in [1.82, 2.24) is 14.9 Å². The zero-order valence-corrected chi connectivity index (χ0v) is 16.6. The van der Waals surface area contributed by atoms with Gasteiger partial charge in [0.15, 0.2) is 0 Å². The fraction of sp³-hybridized carbons (Fsp3) is 0.444. The normalized spacial score (nSPS) is 11.2. The van der Waals surface area contributed by atoms with Gasteiger partial charge in [0.2, 0.25) is 11.1 Å². The zero-order valence-electron chi connectivity index (χ0n) is 15.7. The molecule has 0 atom stereocenters. The number of carbonyl (C=O) groups is 1. The molecule has 1 aromatic carbocycles. The zero-order chi connectivity index (χ0) is 19.4. The monoisotopic (exact) mass is 375 g/mol. The van der Waals surface area contributed by atoms with E-state index in [1.54, 1.807) is 0 Å². The van der Waals surface area contributed by atoms with Gasteiger partial charge in [-0.2, -0.15) is 4.68 Å². The third-order valence-corrected chi connectivity index (χ3v) is 4.93. The molecule has 0 bridgehead atoms. The van der Waals surface area contributed by atoms with Crippen LogP contribution in [0.25, 0.3) is 0 Å². The number of carbonyl (C=O) groups excluding carboxylic acids is 1. The van der Waals surface area contributed by atoms with E-state index in [2.05, 4.69) is 43.2 Å². The number of anilines is 1. The van der Waals surface area contributed by atoms with Gasteiger partial charge in [0.1, 0.15) is 5.69 Å². The van der Waals surface area contributed by atoms with Gasteiger partial charge in [-0.25, -0.2) is 0 Å². The lowest BCUT2D eigenvalue weighted by Gasteiger charge is -2.20. The van der Waals surface area contributed by atoms with Crippen LogP contribution in [0.15, 0.2) is 28.2 Å². The van der Waals surface area contributed by atoms with Crippen LogP contribution in [0.2, 0.25) is 0 Å². The van der Waals surface area contributed by atoms with Gasteiger partial charge < -0.3 is 11.2 Å². The first-order valence-electron chi connectivity index (χ1n) is 8.49. The molecule has 3 N–H and O–H groups in total. The minimum absolute atomic E-state index is 0.0817. The average molecular weight is 375 g/mol. The highest BCUT2D eigenvalue weighted by molar-refractivity contribution is 7.99. The van der Waals surface area contributed by atoms with Gasteiger partial charge in [0.05, 0.1) is 5.75 Å². The van der Waals surface area contributed by atoms with E-state index >= 15 is 0 Å². The third kappa shape index (κ3) is 4.43. The Kier molecular flexibility index (Phi) is 6.42. The summed E-state index contributed by atoms with van der Waals surface area (Å²) in [5.41, 5.74) is 2.85.